The quantitative estimate of drug-likeness (QED) is 0.191. The maximum absolute atomic E-state index is 12.7. The van der Waals surface area contributed by atoms with E-state index in [1.165, 1.54) is 6.92 Å². The van der Waals surface area contributed by atoms with Crippen molar-refractivity contribution < 1.29 is 29.1 Å². The van der Waals surface area contributed by atoms with E-state index >= 15 is 0 Å². The van der Waals surface area contributed by atoms with Gasteiger partial charge >= 0.3 is 5.97 Å². The van der Waals surface area contributed by atoms with Gasteiger partial charge in [-0.1, -0.05) is 32.0 Å². The summed E-state index contributed by atoms with van der Waals surface area (Å²) in [5.41, 5.74) is 12.6. The van der Waals surface area contributed by atoms with Gasteiger partial charge in [0.1, 0.15) is 18.1 Å². The van der Waals surface area contributed by atoms with Crippen molar-refractivity contribution in [3.05, 3.63) is 36.0 Å². The number of para-hydroxylation sites is 1. The van der Waals surface area contributed by atoms with E-state index in [-0.39, 0.29) is 12.3 Å². The molecule has 0 saturated carbocycles. The van der Waals surface area contributed by atoms with Crippen molar-refractivity contribution in [2.75, 3.05) is 0 Å². The van der Waals surface area contributed by atoms with Crippen LogP contribution in [0, 0.1) is 5.92 Å². The standard InChI is InChI=1S/C24H34N6O6/c1-12(2)8-16(25)22(33)29-18(10-20(26)31)23(34)28-13(3)21(32)30-19(24(35)36)9-14-11-27-17-7-5-4-6-15(14)17/h4-7,11-13,16,18-19,27H,8-10,25H2,1-3H3,(H2,26,31)(H,28,34)(H,29,33)(H,30,32)(H,35,36). The maximum Gasteiger partial charge on any atom is 0.326 e. The van der Waals surface area contributed by atoms with Crippen LogP contribution in [-0.2, 0) is 30.4 Å². The van der Waals surface area contributed by atoms with Crippen LogP contribution in [0.1, 0.15) is 39.2 Å². The molecule has 9 N–H and O–H groups in total. The zero-order valence-electron chi connectivity index (χ0n) is 20.5. The zero-order valence-corrected chi connectivity index (χ0v) is 20.5. The van der Waals surface area contributed by atoms with Crippen molar-refractivity contribution in [1.82, 2.24) is 20.9 Å². The van der Waals surface area contributed by atoms with Crippen LogP contribution < -0.4 is 27.4 Å². The second kappa shape index (κ2) is 12.7. The Hall–Kier alpha value is -3.93. The summed E-state index contributed by atoms with van der Waals surface area (Å²) < 4.78 is 0. The van der Waals surface area contributed by atoms with Crippen LogP contribution in [-0.4, -0.2) is 63.9 Å². The van der Waals surface area contributed by atoms with Crippen molar-refractivity contribution in [3.8, 4) is 0 Å². The first-order chi connectivity index (χ1) is 16.9. The number of nitrogens with two attached hydrogens (primary N) is 2. The molecule has 12 heteroatoms. The van der Waals surface area contributed by atoms with Gasteiger partial charge in [0.2, 0.25) is 23.6 Å². The maximum atomic E-state index is 12.7. The van der Waals surface area contributed by atoms with Crippen molar-refractivity contribution in [2.45, 2.75) is 64.2 Å². The van der Waals surface area contributed by atoms with E-state index in [1.807, 2.05) is 38.1 Å². The molecular formula is C24H34N6O6. The lowest BCUT2D eigenvalue weighted by Crippen LogP contribution is -2.57. The number of carbonyl (C=O) groups is 5. The summed E-state index contributed by atoms with van der Waals surface area (Å²) in [7, 11) is 0. The van der Waals surface area contributed by atoms with Crippen LogP contribution in [0.4, 0.5) is 0 Å². The molecule has 0 aliphatic carbocycles. The monoisotopic (exact) mass is 502 g/mol. The molecule has 0 spiro atoms. The van der Waals surface area contributed by atoms with E-state index in [4.69, 9.17) is 11.5 Å². The number of primary amides is 1. The molecule has 0 aliphatic rings. The van der Waals surface area contributed by atoms with Gasteiger partial charge in [-0.2, -0.15) is 0 Å². The number of carbonyl (C=O) groups excluding carboxylic acids is 4. The van der Waals surface area contributed by atoms with Crippen LogP contribution in [0.25, 0.3) is 10.9 Å². The Bertz CT molecular complexity index is 1110. The Morgan fingerprint density at radius 2 is 1.58 bits per heavy atom. The van der Waals surface area contributed by atoms with Gasteiger partial charge in [0.05, 0.1) is 12.5 Å². The van der Waals surface area contributed by atoms with E-state index in [9.17, 15) is 29.1 Å². The fourth-order valence-corrected chi connectivity index (χ4v) is 3.70. The van der Waals surface area contributed by atoms with Crippen molar-refractivity contribution in [3.63, 3.8) is 0 Å². The summed E-state index contributed by atoms with van der Waals surface area (Å²) in [5, 5.41) is 17.7. The lowest BCUT2D eigenvalue weighted by Gasteiger charge is -2.23. The third-order valence-electron chi connectivity index (χ3n) is 5.57. The number of nitrogens with one attached hydrogen (secondary N) is 4. The number of benzene rings is 1. The molecule has 1 aromatic carbocycles. The highest BCUT2D eigenvalue weighted by atomic mass is 16.4. The minimum Gasteiger partial charge on any atom is -0.480 e. The predicted octanol–water partition coefficient (Wildman–Crippen LogP) is -0.482. The summed E-state index contributed by atoms with van der Waals surface area (Å²) in [6.45, 7) is 5.11. The normalized spacial score (nSPS) is 14.5. The first-order valence-electron chi connectivity index (χ1n) is 11.6. The molecule has 36 heavy (non-hydrogen) atoms. The predicted molar refractivity (Wildman–Crippen MR) is 132 cm³/mol. The van der Waals surface area contributed by atoms with E-state index in [1.54, 1.807) is 6.20 Å². The number of hydrogen-bond acceptors (Lipinski definition) is 6. The van der Waals surface area contributed by atoms with E-state index in [2.05, 4.69) is 20.9 Å². The number of rotatable bonds is 13. The average molecular weight is 503 g/mol. The molecule has 0 radical (unpaired) electrons. The van der Waals surface area contributed by atoms with Crippen LogP contribution in [0.15, 0.2) is 30.5 Å². The summed E-state index contributed by atoms with van der Waals surface area (Å²) in [4.78, 5) is 64.1. The van der Waals surface area contributed by atoms with Gasteiger partial charge in [0.25, 0.3) is 0 Å². The largest absolute Gasteiger partial charge is 0.480 e. The molecule has 4 atom stereocenters. The van der Waals surface area contributed by atoms with Crippen LogP contribution in [0.3, 0.4) is 0 Å². The van der Waals surface area contributed by atoms with E-state index in [0.717, 1.165) is 10.9 Å². The summed E-state index contributed by atoms with van der Waals surface area (Å²) in [5.74, 6) is -4.17. The molecule has 4 unspecified atom stereocenters. The number of carboxylic acids is 1. The molecule has 12 nitrogen and oxygen atoms in total. The molecule has 1 aromatic heterocycles. The zero-order chi connectivity index (χ0) is 27.0. The number of hydrogen-bond donors (Lipinski definition) is 7. The van der Waals surface area contributed by atoms with Gasteiger partial charge in [-0.3, -0.25) is 19.2 Å². The van der Waals surface area contributed by atoms with E-state index in [0.29, 0.717) is 12.0 Å². The number of aliphatic carboxylic acids is 1. The molecule has 4 amide bonds. The number of aromatic amines is 1. The van der Waals surface area contributed by atoms with Crippen LogP contribution in [0.5, 0.6) is 0 Å². The topological polar surface area (TPSA) is 209 Å². The van der Waals surface area contributed by atoms with Gasteiger partial charge in [-0.05, 0) is 30.9 Å². The number of carboxylic acid groups (broad SMARTS) is 1. The minimum absolute atomic E-state index is 0.0137. The molecule has 2 rings (SSSR count). The van der Waals surface area contributed by atoms with Gasteiger partial charge < -0.3 is 37.5 Å². The Morgan fingerprint density at radius 3 is 2.19 bits per heavy atom. The molecule has 1 heterocycles. The molecule has 196 valence electrons. The summed E-state index contributed by atoms with van der Waals surface area (Å²) in [6.07, 6.45) is 1.56. The van der Waals surface area contributed by atoms with Gasteiger partial charge in [0.15, 0.2) is 0 Å². The molecule has 0 bridgehead atoms. The van der Waals surface area contributed by atoms with Gasteiger partial charge in [0, 0.05) is 23.5 Å². The Balaban J connectivity index is 2.04. The molecule has 0 aliphatic heterocycles. The van der Waals surface area contributed by atoms with Crippen LogP contribution in [0.2, 0.25) is 0 Å². The second-order valence-corrected chi connectivity index (χ2v) is 9.16. The molecule has 0 saturated heterocycles. The Kier molecular flexibility index (Phi) is 9.97. The fraction of sp³-hybridized carbons (Fsp3) is 0.458. The number of H-pyrrole nitrogens is 1. The number of amides is 4. The molecule has 0 fully saturated rings. The Labute approximate surface area is 208 Å². The second-order valence-electron chi connectivity index (χ2n) is 9.16. The lowest BCUT2D eigenvalue weighted by molar-refractivity contribution is -0.142. The SMILES string of the molecule is CC(C)CC(N)C(=O)NC(CC(N)=O)C(=O)NC(C)C(=O)NC(Cc1c[nH]c2ccccc12)C(=O)O. The summed E-state index contributed by atoms with van der Waals surface area (Å²) >= 11 is 0. The highest BCUT2D eigenvalue weighted by molar-refractivity contribution is 5.96. The number of aromatic nitrogens is 1. The molecule has 2 aromatic rings. The van der Waals surface area contributed by atoms with Crippen LogP contribution >= 0.6 is 0 Å². The first-order valence-corrected chi connectivity index (χ1v) is 11.6. The third kappa shape index (κ3) is 8.08. The van der Waals surface area contributed by atoms with E-state index < -0.39 is 60.2 Å². The average Bonchev–Trinajstić information content (AvgIpc) is 3.19. The number of fused-ring (bicyclic) bond motifs is 1. The Morgan fingerprint density at radius 1 is 0.944 bits per heavy atom. The smallest absolute Gasteiger partial charge is 0.326 e. The summed E-state index contributed by atoms with van der Waals surface area (Å²) in [6, 6.07) is 2.69. The highest BCUT2D eigenvalue weighted by Crippen LogP contribution is 2.19. The third-order valence-corrected chi connectivity index (χ3v) is 5.57. The highest BCUT2D eigenvalue weighted by Gasteiger charge is 2.29. The van der Waals surface area contributed by atoms with Gasteiger partial charge in [-0.25, -0.2) is 4.79 Å². The van der Waals surface area contributed by atoms with Crippen molar-refractivity contribution in [1.29, 1.82) is 0 Å². The first kappa shape index (κ1) is 28.3. The van der Waals surface area contributed by atoms with Gasteiger partial charge in [-0.15, -0.1) is 0 Å². The molecular weight excluding hydrogens is 468 g/mol. The fourth-order valence-electron chi connectivity index (χ4n) is 3.70. The van der Waals surface area contributed by atoms with Crippen molar-refractivity contribution >= 4 is 40.5 Å². The minimum atomic E-state index is -1.34. The van der Waals surface area contributed by atoms with Crippen molar-refractivity contribution in [2.24, 2.45) is 17.4 Å². The lowest BCUT2D eigenvalue weighted by atomic mass is 10.0.